The summed E-state index contributed by atoms with van der Waals surface area (Å²) in [5.74, 6) is 0. The van der Waals surface area contributed by atoms with Gasteiger partial charge in [0.05, 0.1) is 0 Å². The summed E-state index contributed by atoms with van der Waals surface area (Å²) in [5.41, 5.74) is 0. The molecule has 0 aromatic carbocycles. The fourth-order valence-electron chi connectivity index (χ4n) is 0.110. The van der Waals surface area contributed by atoms with Crippen LogP contribution in [0.3, 0.4) is 0 Å². The van der Waals surface area contributed by atoms with Crippen LogP contribution in [0.1, 0.15) is 0 Å². The molecule has 0 saturated heterocycles. The first-order valence-electron chi connectivity index (χ1n) is 1.76. The van der Waals surface area contributed by atoms with Crippen LogP contribution in [0.25, 0.3) is 0 Å². The maximum absolute atomic E-state index is 11.2. The van der Waals surface area contributed by atoms with Gasteiger partial charge in [-0.3, -0.25) is 0 Å². The number of alkyl halides is 5. The van der Waals surface area contributed by atoms with Gasteiger partial charge < -0.3 is 0 Å². The van der Waals surface area contributed by atoms with E-state index in [1.165, 1.54) is 0 Å². The van der Waals surface area contributed by atoms with Crippen LogP contribution in [0.2, 0.25) is 0 Å². The fraction of sp³-hybridized carbons (Fsp3) is 1.00. The van der Waals surface area contributed by atoms with Gasteiger partial charge in [-0.2, -0.15) is 0 Å². The average molecular weight is 242 g/mol. The summed E-state index contributed by atoms with van der Waals surface area (Å²) in [7, 11) is 0. The normalized spacial score (nSPS) is 12.0. The number of halogens is 5. The smallest absolute Gasteiger partial charge is 0.209 e. The van der Waals surface area contributed by atoms with Crippen molar-refractivity contribution in [3.8, 4) is 0 Å². The molecule has 0 bridgehead atoms. The van der Waals surface area contributed by atoms with Crippen LogP contribution < -0.4 is 0 Å². The lowest BCUT2D eigenvalue weighted by Gasteiger charge is -2.04. The van der Waals surface area contributed by atoms with Gasteiger partial charge in [-0.1, -0.05) is 22.6 Å². The Balaban J connectivity index is 3.46. The van der Waals surface area contributed by atoms with E-state index >= 15 is 0 Å². The van der Waals surface area contributed by atoms with Gasteiger partial charge in [0.1, 0.15) is 3.92 Å². The number of hydrogen-bond acceptors (Lipinski definition) is 0. The van der Waals surface area contributed by atoms with Gasteiger partial charge in [-0.15, -0.1) is 0 Å². The third kappa shape index (κ3) is 2.68. The van der Waals surface area contributed by atoms with E-state index in [4.69, 9.17) is 0 Å². The van der Waals surface area contributed by atoms with Crippen molar-refractivity contribution >= 4 is 22.6 Å². The molecule has 0 aromatic rings. The molecule has 0 aliphatic rings. The Bertz CT molecular complexity index is 56.3. The molecule has 0 aliphatic heterocycles. The van der Waals surface area contributed by atoms with Crippen LogP contribution in [0.5, 0.6) is 0 Å². The van der Waals surface area contributed by atoms with Crippen molar-refractivity contribution in [1.82, 2.24) is 0 Å². The molecular formula is C3H3F4I. The maximum atomic E-state index is 11.2. The highest BCUT2D eigenvalue weighted by atomic mass is 127. The topological polar surface area (TPSA) is 0 Å². The highest BCUT2D eigenvalue weighted by molar-refractivity contribution is 14.1. The zero-order chi connectivity index (χ0) is 6.73. The molecule has 0 rings (SSSR count). The third-order valence-corrected chi connectivity index (χ3v) is 1.57. The molecule has 0 aromatic heterocycles. The quantitative estimate of drug-likeness (QED) is 0.396. The minimum Gasteiger partial charge on any atom is -0.209 e. The lowest BCUT2D eigenvalue weighted by atomic mass is 10.5. The molecule has 0 spiro atoms. The zero-order valence-electron chi connectivity index (χ0n) is 3.62. The predicted molar refractivity (Wildman–Crippen MR) is 29.8 cm³/mol. The number of hydrogen-bond donors (Lipinski definition) is 0. The molecule has 0 unspecified atom stereocenters. The maximum Gasteiger partial charge on any atom is 0.255 e. The summed E-state index contributed by atoms with van der Waals surface area (Å²) in [6.07, 6.45) is -5.84. The Morgan fingerprint density at radius 2 is 1.12 bits per heavy atom. The van der Waals surface area contributed by atoms with E-state index in [1.54, 1.807) is 0 Å². The molecule has 0 fully saturated rings. The van der Waals surface area contributed by atoms with Crippen LogP contribution in [0, 0.1) is 0 Å². The Morgan fingerprint density at radius 3 is 1.12 bits per heavy atom. The van der Waals surface area contributed by atoms with Crippen molar-refractivity contribution in [3.05, 3.63) is 0 Å². The molecule has 0 aliphatic carbocycles. The van der Waals surface area contributed by atoms with Gasteiger partial charge in [-0.05, 0) is 0 Å². The summed E-state index contributed by atoms with van der Waals surface area (Å²) >= 11 is 1.02. The monoisotopic (exact) mass is 242 g/mol. The van der Waals surface area contributed by atoms with E-state index in [0.29, 0.717) is 0 Å². The van der Waals surface area contributed by atoms with Crippen LogP contribution in [0.15, 0.2) is 0 Å². The van der Waals surface area contributed by atoms with Gasteiger partial charge >= 0.3 is 0 Å². The minimum atomic E-state index is -2.92. The molecule has 0 radical (unpaired) electrons. The fourth-order valence-corrected chi connectivity index (χ4v) is 0.110. The van der Waals surface area contributed by atoms with Crippen molar-refractivity contribution in [3.63, 3.8) is 0 Å². The van der Waals surface area contributed by atoms with E-state index in [1.807, 2.05) is 0 Å². The highest BCUT2D eigenvalue weighted by Crippen LogP contribution is 2.18. The zero-order valence-corrected chi connectivity index (χ0v) is 5.78. The summed E-state index contributed by atoms with van der Waals surface area (Å²) in [5, 5.41) is 0. The molecule has 8 heavy (non-hydrogen) atoms. The first kappa shape index (κ1) is 8.45. The van der Waals surface area contributed by atoms with E-state index in [0.717, 1.165) is 22.6 Å². The standard InChI is InChI=1S/C3H3F4I/c4-2(5)1(8)3(6)7/h1-3H. The minimum absolute atomic E-state index is 1.02. The first-order chi connectivity index (χ1) is 3.55. The second-order valence-corrected chi connectivity index (χ2v) is 2.55. The van der Waals surface area contributed by atoms with E-state index in [-0.39, 0.29) is 0 Å². The largest absolute Gasteiger partial charge is 0.255 e. The second kappa shape index (κ2) is 3.47. The third-order valence-electron chi connectivity index (χ3n) is 0.481. The Kier molecular flexibility index (Phi) is 3.67. The lowest BCUT2D eigenvalue weighted by Crippen LogP contribution is -2.18. The first-order valence-corrected chi connectivity index (χ1v) is 3.00. The predicted octanol–water partition coefficient (Wildman–Crippen LogP) is 2.32. The SMILES string of the molecule is FC(F)C(I)C(F)F. The summed E-state index contributed by atoms with van der Waals surface area (Å²) < 4.78 is 42.9. The van der Waals surface area contributed by atoms with Gasteiger partial charge in [-0.25, -0.2) is 17.6 Å². The Morgan fingerprint density at radius 1 is 0.875 bits per heavy atom. The van der Waals surface area contributed by atoms with Gasteiger partial charge in [0.25, 0.3) is 12.9 Å². The average Bonchev–Trinajstić information content (AvgIpc) is 1.64. The molecule has 0 saturated carbocycles. The van der Waals surface area contributed by atoms with Crippen molar-refractivity contribution in [2.24, 2.45) is 0 Å². The van der Waals surface area contributed by atoms with E-state index in [9.17, 15) is 17.6 Å². The highest BCUT2D eigenvalue weighted by Gasteiger charge is 2.26. The molecule has 0 heterocycles. The Hall–Kier alpha value is 0.450. The van der Waals surface area contributed by atoms with E-state index < -0.39 is 16.8 Å². The van der Waals surface area contributed by atoms with Gasteiger partial charge in [0.2, 0.25) is 0 Å². The molecule has 0 amide bonds. The van der Waals surface area contributed by atoms with Crippen molar-refractivity contribution < 1.29 is 17.6 Å². The summed E-state index contributed by atoms with van der Waals surface area (Å²) in [6.45, 7) is 0. The van der Waals surface area contributed by atoms with Crippen molar-refractivity contribution in [2.75, 3.05) is 0 Å². The van der Waals surface area contributed by atoms with Crippen molar-refractivity contribution in [2.45, 2.75) is 16.8 Å². The molecule has 50 valence electrons. The summed E-state index contributed by atoms with van der Waals surface area (Å²) in [6, 6.07) is 0. The molecule has 0 nitrogen and oxygen atoms in total. The second-order valence-electron chi connectivity index (χ2n) is 1.11. The molecule has 0 atom stereocenters. The van der Waals surface area contributed by atoms with Crippen LogP contribution in [-0.2, 0) is 0 Å². The lowest BCUT2D eigenvalue weighted by molar-refractivity contribution is 0.0596. The molecule has 5 heteroatoms. The van der Waals surface area contributed by atoms with Crippen LogP contribution >= 0.6 is 22.6 Å². The molecular weight excluding hydrogens is 239 g/mol. The Labute approximate surface area is 57.4 Å². The molecule has 0 N–H and O–H groups in total. The van der Waals surface area contributed by atoms with Gasteiger partial charge in [0.15, 0.2) is 0 Å². The van der Waals surface area contributed by atoms with Crippen molar-refractivity contribution in [1.29, 1.82) is 0 Å². The summed E-state index contributed by atoms with van der Waals surface area (Å²) in [4.78, 5) is 0. The van der Waals surface area contributed by atoms with Gasteiger partial charge in [0, 0.05) is 0 Å². The number of rotatable bonds is 2. The van der Waals surface area contributed by atoms with Crippen LogP contribution in [-0.4, -0.2) is 16.8 Å². The van der Waals surface area contributed by atoms with E-state index in [2.05, 4.69) is 0 Å². The van der Waals surface area contributed by atoms with Crippen LogP contribution in [0.4, 0.5) is 17.6 Å².